The standard InChI is InChI=1S/C17H18N2O6S/c1-9-7-13(11(3)26-9)17(21)25-10(2)16(20)18-14-6-5-12(19(22)23)8-15(14)24-4/h5-8,10H,1-4H3,(H,18,20)/t10-/m1/s1. The number of anilines is 1. The van der Waals surface area contributed by atoms with Crippen LogP contribution in [0.25, 0.3) is 0 Å². The number of carbonyl (C=O) groups is 2. The number of thiophene rings is 1. The normalized spacial score (nSPS) is 11.5. The maximum Gasteiger partial charge on any atom is 0.340 e. The molecule has 0 saturated carbocycles. The average molecular weight is 378 g/mol. The second-order valence-electron chi connectivity index (χ2n) is 5.51. The quantitative estimate of drug-likeness (QED) is 0.468. The van der Waals surface area contributed by atoms with Gasteiger partial charge in [-0.3, -0.25) is 14.9 Å². The Labute approximate surface area is 153 Å². The first kappa shape index (κ1) is 19.4. The van der Waals surface area contributed by atoms with Gasteiger partial charge in [0, 0.05) is 15.8 Å². The van der Waals surface area contributed by atoms with Crippen molar-refractivity contribution in [1.29, 1.82) is 0 Å². The Morgan fingerprint density at radius 2 is 1.96 bits per heavy atom. The minimum atomic E-state index is -1.05. The lowest BCUT2D eigenvalue weighted by Crippen LogP contribution is -2.30. The molecule has 8 nitrogen and oxygen atoms in total. The molecule has 0 fully saturated rings. The Bertz CT molecular complexity index is 861. The average Bonchev–Trinajstić information content (AvgIpc) is 2.93. The highest BCUT2D eigenvalue weighted by atomic mass is 32.1. The van der Waals surface area contributed by atoms with Crippen molar-refractivity contribution in [3.63, 3.8) is 0 Å². The van der Waals surface area contributed by atoms with Gasteiger partial charge in [-0.15, -0.1) is 11.3 Å². The second-order valence-corrected chi connectivity index (χ2v) is 6.97. The third-order valence-corrected chi connectivity index (χ3v) is 4.53. The van der Waals surface area contributed by atoms with Crippen LogP contribution in [0.4, 0.5) is 11.4 Å². The molecule has 2 aromatic rings. The number of benzene rings is 1. The zero-order valence-corrected chi connectivity index (χ0v) is 15.5. The van der Waals surface area contributed by atoms with Crippen molar-refractivity contribution in [2.45, 2.75) is 26.9 Å². The van der Waals surface area contributed by atoms with Gasteiger partial charge in [-0.25, -0.2) is 4.79 Å². The number of nitro benzene ring substituents is 1. The molecule has 0 unspecified atom stereocenters. The Morgan fingerprint density at radius 1 is 1.27 bits per heavy atom. The number of nitrogens with one attached hydrogen (secondary N) is 1. The first-order chi connectivity index (χ1) is 12.2. The molecule has 0 saturated heterocycles. The summed E-state index contributed by atoms with van der Waals surface area (Å²) in [6.45, 7) is 5.13. The van der Waals surface area contributed by atoms with Crippen molar-refractivity contribution in [3.8, 4) is 5.75 Å². The van der Waals surface area contributed by atoms with Crippen molar-refractivity contribution in [2.24, 2.45) is 0 Å². The molecule has 0 aliphatic carbocycles. The maximum atomic E-state index is 12.3. The lowest BCUT2D eigenvalue weighted by atomic mass is 10.2. The van der Waals surface area contributed by atoms with Crippen molar-refractivity contribution >= 4 is 34.6 Å². The number of nitro groups is 1. The molecule has 1 aromatic carbocycles. The Balaban J connectivity index is 2.08. The van der Waals surface area contributed by atoms with Crippen LogP contribution in [0, 0.1) is 24.0 Å². The van der Waals surface area contributed by atoms with Crippen LogP contribution in [0.3, 0.4) is 0 Å². The molecule has 0 spiro atoms. The molecule has 1 heterocycles. The molecular formula is C17H18N2O6S. The summed E-state index contributed by atoms with van der Waals surface area (Å²) in [5, 5.41) is 13.3. The highest BCUT2D eigenvalue weighted by Crippen LogP contribution is 2.29. The molecule has 0 bridgehead atoms. The fourth-order valence-electron chi connectivity index (χ4n) is 2.24. The van der Waals surface area contributed by atoms with E-state index in [9.17, 15) is 19.7 Å². The summed E-state index contributed by atoms with van der Waals surface area (Å²) in [5.74, 6) is -1.02. The van der Waals surface area contributed by atoms with Crippen LogP contribution >= 0.6 is 11.3 Å². The molecule has 0 aliphatic rings. The van der Waals surface area contributed by atoms with Crippen LogP contribution < -0.4 is 10.1 Å². The molecular weight excluding hydrogens is 360 g/mol. The highest BCUT2D eigenvalue weighted by Gasteiger charge is 2.22. The summed E-state index contributed by atoms with van der Waals surface area (Å²) >= 11 is 1.47. The van der Waals surface area contributed by atoms with Crippen molar-refractivity contribution in [1.82, 2.24) is 0 Å². The summed E-state index contributed by atoms with van der Waals surface area (Å²) in [7, 11) is 1.33. The van der Waals surface area contributed by atoms with Gasteiger partial charge in [-0.2, -0.15) is 0 Å². The lowest BCUT2D eigenvalue weighted by Gasteiger charge is -2.15. The molecule has 9 heteroatoms. The summed E-state index contributed by atoms with van der Waals surface area (Å²) in [4.78, 5) is 36.5. The topological polar surface area (TPSA) is 108 Å². The van der Waals surface area contributed by atoms with E-state index in [-0.39, 0.29) is 17.1 Å². The van der Waals surface area contributed by atoms with Crippen molar-refractivity contribution in [2.75, 3.05) is 12.4 Å². The Kier molecular flexibility index (Phi) is 5.93. The third kappa shape index (κ3) is 4.37. The third-order valence-electron chi connectivity index (χ3n) is 3.57. The molecule has 0 aliphatic heterocycles. The van der Waals surface area contributed by atoms with Crippen LogP contribution in [-0.2, 0) is 9.53 Å². The number of ether oxygens (including phenoxy) is 2. The number of carbonyl (C=O) groups excluding carboxylic acids is 2. The highest BCUT2D eigenvalue weighted by molar-refractivity contribution is 7.12. The van der Waals surface area contributed by atoms with E-state index in [1.807, 2.05) is 6.92 Å². The van der Waals surface area contributed by atoms with Gasteiger partial charge < -0.3 is 14.8 Å². The van der Waals surface area contributed by atoms with Gasteiger partial charge >= 0.3 is 5.97 Å². The van der Waals surface area contributed by atoms with E-state index in [1.165, 1.54) is 43.6 Å². The SMILES string of the molecule is COc1cc([N+](=O)[O-])ccc1NC(=O)[C@@H](C)OC(=O)c1cc(C)sc1C. The number of rotatable bonds is 6. The zero-order chi connectivity index (χ0) is 19.4. The molecule has 1 N–H and O–H groups in total. The number of hydrogen-bond acceptors (Lipinski definition) is 7. The van der Waals surface area contributed by atoms with E-state index in [2.05, 4.69) is 5.32 Å². The smallest absolute Gasteiger partial charge is 0.340 e. The zero-order valence-electron chi connectivity index (χ0n) is 14.7. The molecule has 0 radical (unpaired) electrons. The van der Waals surface area contributed by atoms with Crippen LogP contribution in [0.1, 0.15) is 27.0 Å². The summed E-state index contributed by atoms with van der Waals surface area (Å²) in [6.07, 6.45) is -1.05. The van der Waals surface area contributed by atoms with Crippen molar-refractivity contribution < 1.29 is 24.0 Å². The molecule has 2 rings (SSSR count). The fraction of sp³-hybridized carbons (Fsp3) is 0.294. The lowest BCUT2D eigenvalue weighted by molar-refractivity contribution is -0.384. The first-order valence-corrected chi connectivity index (χ1v) is 8.46. The number of aryl methyl sites for hydroxylation is 2. The van der Waals surface area contributed by atoms with Gasteiger partial charge in [0.15, 0.2) is 6.10 Å². The Morgan fingerprint density at radius 3 is 2.50 bits per heavy atom. The van der Waals surface area contributed by atoms with Crippen LogP contribution in [0.5, 0.6) is 5.75 Å². The second kappa shape index (κ2) is 7.96. The number of hydrogen-bond donors (Lipinski definition) is 1. The molecule has 1 atom stereocenters. The number of esters is 1. The van der Waals surface area contributed by atoms with Gasteiger partial charge in [0.1, 0.15) is 5.75 Å². The number of methoxy groups -OCH3 is 1. The van der Waals surface area contributed by atoms with Crippen LogP contribution in [-0.4, -0.2) is 30.0 Å². The predicted octanol–water partition coefficient (Wildman–Crippen LogP) is 3.47. The summed E-state index contributed by atoms with van der Waals surface area (Å²) < 4.78 is 10.3. The fourth-order valence-corrected chi connectivity index (χ4v) is 3.15. The molecule has 1 aromatic heterocycles. The minimum absolute atomic E-state index is 0.135. The molecule has 26 heavy (non-hydrogen) atoms. The maximum absolute atomic E-state index is 12.3. The minimum Gasteiger partial charge on any atom is -0.494 e. The van der Waals surface area contributed by atoms with Crippen LogP contribution in [0.15, 0.2) is 24.3 Å². The van der Waals surface area contributed by atoms with E-state index in [4.69, 9.17) is 9.47 Å². The van der Waals surface area contributed by atoms with E-state index in [0.29, 0.717) is 5.56 Å². The largest absolute Gasteiger partial charge is 0.494 e. The van der Waals surface area contributed by atoms with Gasteiger partial charge in [0.2, 0.25) is 0 Å². The number of amides is 1. The number of non-ortho nitro benzene ring substituents is 1. The van der Waals surface area contributed by atoms with E-state index in [1.54, 1.807) is 13.0 Å². The molecule has 1 amide bonds. The summed E-state index contributed by atoms with van der Waals surface area (Å²) in [6, 6.07) is 5.51. The van der Waals surface area contributed by atoms with Gasteiger partial charge in [0.25, 0.3) is 11.6 Å². The van der Waals surface area contributed by atoms with Gasteiger partial charge in [-0.05, 0) is 32.9 Å². The van der Waals surface area contributed by atoms with Crippen LogP contribution in [0.2, 0.25) is 0 Å². The first-order valence-electron chi connectivity index (χ1n) is 7.64. The summed E-state index contributed by atoms with van der Waals surface area (Å²) in [5.41, 5.74) is 0.510. The monoisotopic (exact) mass is 378 g/mol. The van der Waals surface area contributed by atoms with Crippen molar-refractivity contribution in [3.05, 3.63) is 49.7 Å². The van der Waals surface area contributed by atoms with E-state index >= 15 is 0 Å². The number of nitrogens with zero attached hydrogens (tertiary/aromatic N) is 1. The van der Waals surface area contributed by atoms with E-state index in [0.717, 1.165) is 9.75 Å². The van der Waals surface area contributed by atoms with Gasteiger partial charge in [0.05, 0.1) is 29.4 Å². The Hall–Kier alpha value is -2.94. The van der Waals surface area contributed by atoms with E-state index < -0.39 is 22.9 Å². The predicted molar refractivity (Wildman–Crippen MR) is 96.9 cm³/mol. The van der Waals surface area contributed by atoms with Gasteiger partial charge in [-0.1, -0.05) is 0 Å². The molecule has 138 valence electrons.